The van der Waals surface area contributed by atoms with E-state index in [1.807, 2.05) is 0 Å². The maximum absolute atomic E-state index is 12.1. The van der Waals surface area contributed by atoms with Crippen molar-refractivity contribution in [2.24, 2.45) is 11.7 Å². The first-order valence-corrected chi connectivity index (χ1v) is 8.32. The van der Waals surface area contributed by atoms with Crippen LogP contribution in [0.25, 0.3) is 6.08 Å². The molecular formula is C18H20F2N2O5. The van der Waals surface area contributed by atoms with Crippen LogP contribution in [0.4, 0.5) is 8.78 Å². The maximum Gasteiger partial charge on any atom is 0.387 e. The summed E-state index contributed by atoms with van der Waals surface area (Å²) in [6.07, 6.45) is 3.85. The average Bonchev–Trinajstić information content (AvgIpc) is 2.65. The minimum atomic E-state index is -2.91. The second-order valence-electron chi connectivity index (χ2n) is 5.97. The van der Waals surface area contributed by atoms with Crippen molar-refractivity contribution in [2.45, 2.75) is 19.5 Å². The average molecular weight is 382 g/mol. The summed E-state index contributed by atoms with van der Waals surface area (Å²) in [4.78, 5) is 36.5. The predicted octanol–water partition coefficient (Wildman–Crippen LogP) is 1.57. The van der Waals surface area contributed by atoms with Crippen LogP contribution < -0.4 is 10.5 Å². The summed E-state index contributed by atoms with van der Waals surface area (Å²) in [5.41, 5.74) is 5.83. The SMILES string of the molecule is NC(=O)[C@H]1CCCN(C(=O)COC(=O)/C=C/c2ccc(OC(F)F)cc2)C1. The molecule has 0 bridgehead atoms. The van der Waals surface area contributed by atoms with E-state index in [2.05, 4.69) is 4.74 Å². The normalized spacial score (nSPS) is 17.1. The fourth-order valence-electron chi connectivity index (χ4n) is 2.63. The largest absolute Gasteiger partial charge is 0.452 e. The van der Waals surface area contributed by atoms with Crippen molar-refractivity contribution in [2.75, 3.05) is 19.7 Å². The molecular weight excluding hydrogens is 362 g/mol. The molecule has 2 N–H and O–H groups in total. The third kappa shape index (κ3) is 6.69. The fraction of sp³-hybridized carbons (Fsp3) is 0.389. The number of hydrogen-bond acceptors (Lipinski definition) is 5. The smallest absolute Gasteiger partial charge is 0.387 e. The van der Waals surface area contributed by atoms with Gasteiger partial charge in [0.05, 0.1) is 5.92 Å². The Morgan fingerprint density at radius 2 is 1.96 bits per heavy atom. The zero-order valence-corrected chi connectivity index (χ0v) is 14.5. The van der Waals surface area contributed by atoms with E-state index in [9.17, 15) is 23.2 Å². The topological polar surface area (TPSA) is 98.9 Å². The molecule has 1 aromatic carbocycles. The molecule has 1 aliphatic rings. The third-order valence-corrected chi connectivity index (χ3v) is 4.03. The summed E-state index contributed by atoms with van der Waals surface area (Å²) in [6, 6.07) is 5.66. The quantitative estimate of drug-likeness (QED) is 0.570. The van der Waals surface area contributed by atoms with Crippen molar-refractivity contribution < 1.29 is 32.6 Å². The van der Waals surface area contributed by atoms with Gasteiger partial charge in [-0.3, -0.25) is 9.59 Å². The molecule has 2 rings (SSSR count). The maximum atomic E-state index is 12.1. The van der Waals surface area contributed by atoms with Crippen molar-refractivity contribution in [3.8, 4) is 5.75 Å². The van der Waals surface area contributed by atoms with E-state index in [4.69, 9.17) is 10.5 Å². The summed E-state index contributed by atoms with van der Waals surface area (Å²) < 4.78 is 33.3. The summed E-state index contributed by atoms with van der Waals surface area (Å²) in [5, 5.41) is 0. The van der Waals surface area contributed by atoms with Crippen LogP contribution in [0, 0.1) is 5.92 Å². The number of benzene rings is 1. The molecule has 0 aliphatic carbocycles. The lowest BCUT2D eigenvalue weighted by Gasteiger charge is -2.30. The van der Waals surface area contributed by atoms with E-state index < -0.39 is 31.0 Å². The molecule has 7 nitrogen and oxygen atoms in total. The number of esters is 1. The number of nitrogens with two attached hydrogens (primary N) is 1. The van der Waals surface area contributed by atoms with Gasteiger partial charge >= 0.3 is 12.6 Å². The standard InChI is InChI=1S/C18H20F2N2O5/c19-18(20)27-14-6-3-12(4-7-14)5-8-16(24)26-11-15(23)22-9-1-2-13(10-22)17(21)25/h3-8,13,18H,1-2,9-11H2,(H2,21,25)/b8-5+/t13-/m0/s1. The second kappa shape index (κ2) is 9.65. The van der Waals surface area contributed by atoms with Gasteiger partial charge in [0.1, 0.15) is 5.75 Å². The van der Waals surface area contributed by atoms with Gasteiger partial charge in [0.2, 0.25) is 5.91 Å². The number of hydrogen-bond donors (Lipinski definition) is 1. The summed E-state index contributed by atoms with van der Waals surface area (Å²) >= 11 is 0. The molecule has 146 valence electrons. The summed E-state index contributed by atoms with van der Waals surface area (Å²) in [6.45, 7) is -2.62. The molecule has 1 aliphatic heterocycles. The van der Waals surface area contributed by atoms with E-state index >= 15 is 0 Å². The number of halogens is 2. The van der Waals surface area contributed by atoms with Gasteiger partial charge in [-0.1, -0.05) is 12.1 Å². The Bertz CT molecular complexity index is 706. The van der Waals surface area contributed by atoms with E-state index in [1.165, 1.54) is 35.2 Å². The first-order valence-electron chi connectivity index (χ1n) is 8.32. The molecule has 1 aromatic rings. The Kier molecular flexibility index (Phi) is 7.27. The number of amides is 2. The number of ether oxygens (including phenoxy) is 2. The monoisotopic (exact) mass is 382 g/mol. The molecule has 0 spiro atoms. The lowest BCUT2D eigenvalue weighted by Crippen LogP contribution is -2.45. The van der Waals surface area contributed by atoms with Crippen LogP contribution in [0.2, 0.25) is 0 Å². The number of carbonyl (C=O) groups excluding carboxylic acids is 3. The van der Waals surface area contributed by atoms with E-state index in [0.717, 1.165) is 6.08 Å². The Morgan fingerprint density at radius 3 is 2.59 bits per heavy atom. The molecule has 2 amide bonds. The van der Waals surface area contributed by atoms with Crippen LogP contribution in [-0.2, 0) is 19.1 Å². The fourth-order valence-corrected chi connectivity index (χ4v) is 2.63. The third-order valence-electron chi connectivity index (χ3n) is 4.03. The van der Waals surface area contributed by atoms with Gasteiger partial charge in [-0.15, -0.1) is 0 Å². The highest BCUT2D eigenvalue weighted by atomic mass is 19.3. The molecule has 1 saturated heterocycles. The Labute approximate surface area is 154 Å². The zero-order chi connectivity index (χ0) is 19.8. The van der Waals surface area contributed by atoms with Crippen LogP contribution >= 0.6 is 0 Å². The highest BCUT2D eigenvalue weighted by Gasteiger charge is 2.27. The minimum Gasteiger partial charge on any atom is -0.452 e. The first kappa shape index (κ1) is 20.3. The molecule has 1 heterocycles. The Balaban J connectivity index is 1.79. The molecule has 27 heavy (non-hydrogen) atoms. The lowest BCUT2D eigenvalue weighted by atomic mass is 9.97. The van der Waals surface area contributed by atoms with Gasteiger partial charge in [0.15, 0.2) is 6.61 Å². The first-order chi connectivity index (χ1) is 12.8. The van der Waals surface area contributed by atoms with Crippen LogP contribution in [0.5, 0.6) is 5.75 Å². The highest BCUT2D eigenvalue weighted by molar-refractivity contribution is 5.89. The van der Waals surface area contributed by atoms with Crippen LogP contribution in [0.3, 0.4) is 0 Å². The molecule has 0 radical (unpaired) electrons. The number of piperidine rings is 1. The minimum absolute atomic E-state index is 0.00567. The van der Waals surface area contributed by atoms with Gasteiger partial charge in [-0.25, -0.2) is 4.79 Å². The lowest BCUT2D eigenvalue weighted by molar-refractivity contribution is -0.149. The molecule has 9 heteroatoms. The predicted molar refractivity (Wildman–Crippen MR) is 91.6 cm³/mol. The summed E-state index contributed by atoms with van der Waals surface area (Å²) in [7, 11) is 0. The number of carbonyl (C=O) groups is 3. The number of nitrogens with zero attached hydrogens (tertiary/aromatic N) is 1. The van der Waals surface area contributed by atoms with Crippen molar-refractivity contribution in [3.63, 3.8) is 0 Å². The zero-order valence-electron chi connectivity index (χ0n) is 14.5. The van der Waals surface area contributed by atoms with Gasteiger partial charge in [-0.2, -0.15) is 8.78 Å². The highest BCUT2D eigenvalue weighted by Crippen LogP contribution is 2.17. The van der Waals surface area contributed by atoms with Gasteiger partial charge in [0.25, 0.3) is 5.91 Å². The van der Waals surface area contributed by atoms with Crippen molar-refractivity contribution in [1.82, 2.24) is 4.90 Å². The van der Waals surface area contributed by atoms with E-state index in [1.54, 1.807) is 0 Å². The number of rotatable bonds is 7. The molecule has 1 atom stereocenters. The van der Waals surface area contributed by atoms with Crippen LogP contribution in [0.15, 0.2) is 30.3 Å². The van der Waals surface area contributed by atoms with E-state index in [0.29, 0.717) is 24.9 Å². The van der Waals surface area contributed by atoms with Crippen LogP contribution in [-0.4, -0.2) is 49.0 Å². The Morgan fingerprint density at radius 1 is 1.26 bits per heavy atom. The molecule has 0 saturated carbocycles. The summed E-state index contributed by atoms with van der Waals surface area (Å²) in [5.74, 6) is -1.94. The number of alkyl halides is 2. The second-order valence-corrected chi connectivity index (χ2v) is 5.97. The number of likely N-dealkylation sites (tertiary alicyclic amines) is 1. The van der Waals surface area contributed by atoms with Gasteiger partial charge < -0.3 is 20.1 Å². The van der Waals surface area contributed by atoms with Crippen molar-refractivity contribution >= 4 is 23.9 Å². The van der Waals surface area contributed by atoms with Crippen molar-refractivity contribution in [3.05, 3.63) is 35.9 Å². The van der Waals surface area contributed by atoms with Gasteiger partial charge in [0, 0.05) is 19.2 Å². The molecule has 0 unspecified atom stereocenters. The number of primary amides is 1. The van der Waals surface area contributed by atoms with Gasteiger partial charge in [-0.05, 0) is 36.6 Å². The van der Waals surface area contributed by atoms with E-state index in [-0.39, 0.29) is 18.2 Å². The van der Waals surface area contributed by atoms with Crippen LogP contribution in [0.1, 0.15) is 18.4 Å². The molecule has 1 fully saturated rings. The Hall–Kier alpha value is -2.97. The molecule has 0 aromatic heterocycles. The van der Waals surface area contributed by atoms with Crippen molar-refractivity contribution in [1.29, 1.82) is 0 Å².